The molecule has 1 aromatic heterocycles. The molecule has 2 unspecified atom stereocenters. The van der Waals surface area contributed by atoms with Crippen LogP contribution in [0.25, 0.3) is 6.08 Å². The number of ketones is 1. The number of aromatic nitrogens is 3. The zero-order valence-corrected chi connectivity index (χ0v) is 20.3. The molecule has 182 valence electrons. The molecule has 1 aliphatic carbocycles. The highest BCUT2D eigenvalue weighted by Gasteiger charge is 2.40. The van der Waals surface area contributed by atoms with Crippen LogP contribution in [-0.2, 0) is 20.9 Å². The Hall–Kier alpha value is -2.52. The third kappa shape index (κ3) is 6.13. The van der Waals surface area contributed by atoms with Gasteiger partial charge in [-0.05, 0) is 50.3 Å². The summed E-state index contributed by atoms with van der Waals surface area (Å²) in [5.74, 6) is -0.420. The zero-order chi connectivity index (χ0) is 24.1. The molecule has 4 rings (SSSR count). The van der Waals surface area contributed by atoms with Crippen LogP contribution in [0, 0.1) is 11.7 Å². The van der Waals surface area contributed by atoms with Gasteiger partial charge in [-0.15, -0.1) is 5.10 Å². The van der Waals surface area contributed by atoms with Gasteiger partial charge in [0.05, 0.1) is 18.8 Å². The Morgan fingerprint density at radius 2 is 2.09 bits per heavy atom. The second-order valence-electron chi connectivity index (χ2n) is 8.91. The minimum absolute atomic E-state index is 0.0280. The molecule has 2 atom stereocenters. The summed E-state index contributed by atoms with van der Waals surface area (Å²) in [5.41, 5.74) is 2.17. The fraction of sp³-hybridized carbons (Fsp3) is 0.520. The molecule has 0 radical (unpaired) electrons. The Morgan fingerprint density at radius 1 is 1.29 bits per heavy atom. The number of benzene rings is 1. The van der Waals surface area contributed by atoms with Crippen molar-refractivity contribution in [1.29, 1.82) is 0 Å². The number of hydrogen-bond donors (Lipinski definition) is 1. The second kappa shape index (κ2) is 11.3. The molecular weight excluding hydrogens is 455 g/mol. The van der Waals surface area contributed by atoms with E-state index in [9.17, 15) is 14.0 Å². The van der Waals surface area contributed by atoms with Crippen LogP contribution in [-0.4, -0.2) is 56.6 Å². The van der Waals surface area contributed by atoms with Crippen molar-refractivity contribution >= 4 is 30.5 Å². The van der Waals surface area contributed by atoms with Crippen molar-refractivity contribution in [3.05, 3.63) is 53.1 Å². The predicted molar refractivity (Wildman–Crippen MR) is 130 cm³/mol. The molecule has 1 aliphatic heterocycles. The van der Waals surface area contributed by atoms with Crippen LogP contribution in [0.15, 0.2) is 36.0 Å². The van der Waals surface area contributed by atoms with Gasteiger partial charge in [-0.25, -0.2) is 4.39 Å². The number of carbonyl (C=O) groups is 2. The van der Waals surface area contributed by atoms with Gasteiger partial charge in [-0.1, -0.05) is 23.4 Å². The van der Waals surface area contributed by atoms with Crippen molar-refractivity contribution in [3.8, 4) is 0 Å². The van der Waals surface area contributed by atoms with E-state index in [1.807, 2.05) is 12.3 Å². The van der Waals surface area contributed by atoms with Gasteiger partial charge in [0.2, 0.25) is 0 Å². The molecule has 2 heterocycles. The maximum absolute atomic E-state index is 14.7. The molecule has 2 fully saturated rings. The lowest BCUT2D eigenvalue weighted by atomic mass is 9.93. The zero-order valence-electron chi connectivity index (χ0n) is 19.4. The normalized spacial score (nSPS) is 20.9. The van der Waals surface area contributed by atoms with Gasteiger partial charge >= 0.3 is 5.97 Å². The highest BCUT2D eigenvalue weighted by atomic mass is 32.1. The number of hydrogen-bond acceptors (Lipinski definition) is 7. The van der Waals surface area contributed by atoms with Crippen LogP contribution < -0.4 is 0 Å². The number of esters is 1. The summed E-state index contributed by atoms with van der Waals surface area (Å²) in [7, 11) is 0. The molecule has 34 heavy (non-hydrogen) atoms. The Labute approximate surface area is 204 Å². The molecule has 0 spiro atoms. The van der Waals surface area contributed by atoms with Crippen molar-refractivity contribution in [3.63, 3.8) is 0 Å². The average Bonchev–Trinajstić information content (AvgIpc) is 3.58. The topological polar surface area (TPSA) is 77.3 Å². The number of Topliss-reactive ketones (excluding diaryl/α,β-unsaturated/α-hetero) is 1. The van der Waals surface area contributed by atoms with Crippen molar-refractivity contribution in [2.75, 3.05) is 19.7 Å². The molecule has 2 aromatic rings. The minimum atomic E-state index is -0.587. The third-order valence-corrected chi connectivity index (χ3v) is 6.87. The van der Waals surface area contributed by atoms with Crippen LogP contribution in [0.3, 0.4) is 0 Å². The summed E-state index contributed by atoms with van der Waals surface area (Å²) in [6, 6.07) is 5.99. The summed E-state index contributed by atoms with van der Waals surface area (Å²) < 4.78 is 21.4. The highest BCUT2D eigenvalue weighted by molar-refractivity contribution is 7.81. The van der Waals surface area contributed by atoms with E-state index in [4.69, 9.17) is 17.4 Å². The molecular formula is C25H31FN4O3S. The number of nitrogens with zero attached hydrogens (tertiary/aromatic N) is 4. The summed E-state index contributed by atoms with van der Waals surface area (Å²) in [4.78, 5) is 26.8. The van der Waals surface area contributed by atoms with E-state index in [0.717, 1.165) is 24.8 Å². The standard InChI is InChI=1S/C25H31FN4O3S/c1-2-33-23(31)8-5-12-30-16-19(27-28-30)14-18-15-29(13-11-22(18)34)24(25(32)17-9-10-17)20-6-3-4-7-21(20)26/h3-4,6-7,14,16-17,22,24,34H,2,5,8-13,15H2,1H3. The fourth-order valence-corrected chi connectivity index (χ4v) is 4.64. The van der Waals surface area contributed by atoms with E-state index < -0.39 is 6.04 Å². The van der Waals surface area contributed by atoms with Gasteiger partial charge in [-0.2, -0.15) is 12.6 Å². The molecule has 1 saturated heterocycles. The van der Waals surface area contributed by atoms with E-state index in [0.29, 0.717) is 50.3 Å². The Kier molecular flexibility index (Phi) is 8.15. The van der Waals surface area contributed by atoms with E-state index in [-0.39, 0.29) is 28.7 Å². The van der Waals surface area contributed by atoms with Gasteiger partial charge in [-0.3, -0.25) is 19.2 Å². The molecule has 0 N–H and O–H groups in total. The second-order valence-corrected chi connectivity index (χ2v) is 9.53. The lowest BCUT2D eigenvalue weighted by molar-refractivity contribution is -0.143. The van der Waals surface area contributed by atoms with Gasteiger partial charge in [0.25, 0.3) is 0 Å². The van der Waals surface area contributed by atoms with Gasteiger partial charge in [0.15, 0.2) is 5.78 Å². The predicted octanol–water partition coefficient (Wildman–Crippen LogP) is 3.87. The summed E-state index contributed by atoms with van der Waals surface area (Å²) in [6.45, 7) is 3.92. The lowest BCUT2D eigenvalue weighted by Gasteiger charge is -2.37. The smallest absolute Gasteiger partial charge is 0.305 e. The quantitative estimate of drug-likeness (QED) is 0.406. The number of thiol groups is 1. The van der Waals surface area contributed by atoms with E-state index in [1.54, 1.807) is 29.8 Å². The maximum Gasteiger partial charge on any atom is 0.305 e. The van der Waals surface area contributed by atoms with Crippen LogP contribution in [0.1, 0.15) is 56.3 Å². The number of halogens is 1. The Bertz CT molecular complexity index is 1050. The molecule has 0 amide bonds. The summed E-state index contributed by atoms with van der Waals surface area (Å²) >= 11 is 4.75. The first-order valence-electron chi connectivity index (χ1n) is 11.9. The lowest BCUT2D eigenvalue weighted by Crippen LogP contribution is -2.42. The molecule has 7 nitrogen and oxygen atoms in total. The van der Waals surface area contributed by atoms with Crippen LogP contribution in [0.4, 0.5) is 4.39 Å². The van der Waals surface area contributed by atoms with Crippen LogP contribution in [0.5, 0.6) is 0 Å². The van der Waals surface area contributed by atoms with Gasteiger partial charge < -0.3 is 4.74 Å². The van der Waals surface area contributed by atoms with Crippen LogP contribution in [0.2, 0.25) is 0 Å². The SMILES string of the molecule is CCOC(=O)CCCn1cc(C=C2CN(C(C(=O)C3CC3)c3ccccc3F)CCC2S)nn1. The molecule has 1 aromatic carbocycles. The van der Waals surface area contributed by atoms with E-state index in [2.05, 4.69) is 15.2 Å². The summed E-state index contributed by atoms with van der Waals surface area (Å²) in [5, 5.41) is 8.42. The first kappa shape index (κ1) is 24.6. The van der Waals surface area contributed by atoms with Crippen molar-refractivity contribution in [2.24, 2.45) is 5.92 Å². The highest BCUT2D eigenvalue weighted by Crippen LogP contribution is 2.39. The monoisotopic (exact) mass is 486 g/mol. The first-order chi connectivity index (χ1) is 16.5. The van der Waals surface area contributed by atoms with Crippen molar-refractivity contribution < 1.29 is 18.7 Å². The number of likely N-dealkylation sites (tertiary alicyclic amines) is 1. The number of piperidine rings is 1. The number of carbonyl (C=O) groups excluding carboxylic acids is 2. The molecule has 0 bridgehead atoms. The molecule has 2 aliphatic rings. The Morgan fingerprint density at radius 3 is 2.82 bits per heavy atom. The van der Waals surface area contributed by atoms with Gasteiger partial charge in [0, 0.05) is 42.8 Å². The minimum Gasteiger partial charge on any atom is -0.466 e. The fourth-order valence-electron chi connectivity index (χ4n) is 4.37. The number of aryl methyl sites for hydroxylation is 1. The number of ether oxygens (including phenoxy) is 1. The average molecular weight is 487 g/mol. The van der Waals surface area contributed by atoms with E-state index in [1.165, 1.54) is 6.07 Å². The third-order valence-electron chi connectivity index (χ3n) is 6.28. The Balaban J connectivity index is 1.47. The van der Waals surface area contributed by atoms with Crippen LogP contribution >= 0.6 is 12.6 Å². The van der Waals surface area contributed by atoms with Gasteiger partial charge in [0.1, 0.15) is 11.5 Å². The number of rotatable bonds is 10. The van der Waals surface area contributed by atoms with Crippen molar-refractivity contribution in [2.45, 2.75) is 56.9 Å². The summed E-state index contributed by atoms with van der Waals surface area (Å²) in [6.07, 6.45) is 7.27. The maximum atomic E-state index is 14.7. The van der Waals surface area contributed by atoms with Crippen molar-refractivity contribution in [1.82, 2.24) is 19.9 Å². The largest absolute Gasteiger partial charge is 0.466 e. The molecule has 9 heteroatoms. The molecule has 1 saturated carbocycles. The first-order valence-corrected chi connectivity index (χ1v) is 12.4. The van der Waals surface area contributed by atoms with E-state index >= 15 is 0 Å².